The van der Waals surface area contributed by atoms with Crippen molar-refractivity contribution in [1.29, 1.82) is 0 Å². The summed E-state index contributed by atoms with van der Waals surface area (Å²) < 4.78 is 13.8. The van der Waals surface area contributed by atoms with Crippen LogP contribution in [0.3, 0.4) is 0 Å². The average Bonchev–Trinajstić information content (AvgIpc) is 2.44. The molecule has 4 bridgehead atoms. The highest BCUT2D eigenvalue weighted by molar-refractivity contribution is 6.31. The summed E-state index contributed by atoms with van der Waals surface area (Å²) in [6.07, 6.45) is 5.09. The van der Waals surface area contributed by atoms with Gasteiger partial charge in [0.15, 0.2) is 0 Å². The summed E-state index contributed by atoms with van der Waals surface area (Å²) in [7, 11) is 0. The summed E-state index contributed by atoms with van der Waals surface area (Å²) >= 11 is 6.35. The monoisotopic (exact) mass is 348 g/mol. The zero-order chi connectivity index (χ0) is 16.7. The van der Waals surface area contributed by atoms with E-state index in [-0.39, 0.29) is 11.4 Å². The normalized spacial score (nSPS) is 41.8. The quantitative estimate of drug-likeness (QED) is 0.811. The molecule has 128 valence electrons. The molecule has 1 aromatic rings. The summed E-state index contributed by atoms with van der Waals surface area (Å²) in [5.74, 6) is 0.720. The van der Waals surface area contributed by atoms with Crippen molar-refractivity contribution in [2.45, 2.75) is 68.6 Å². The maximum Gasteiger partial charge on any atom is 0.322 e. The van der Waals surface area contributed by atoms with Crippen LogP contribution in [-0.4, -0.2) is 28.7 Å². The molecule has 1 aromatic carbocycles. The van der Waals surface area contributed by atoms with Gasteiger partial charge in [0.2, 0.25) is 0 Å². The van der Waals surface area contributed by atoms with Crippen LogP contribution in [0.5, 0.6) is 0 Å². The van der Waals surface area contributed by atoms with Crippen molar-refractivity contribution in [2.75, 3.05) is 5.32 Å². The number of hydrogen-bond donors (Lipinski definition) is 1. The third kappa shape index (κ3) is 1.98. The lowest BCUT2D eigenvalue weighted by atomic mass is 9.40. The van der Waals surface area contributed by atoms with Crippen molar-refractivity contribution < 1.29 is 9.18 Å². The first-order valence-electron chi connectivity index (χ1n) is 8.96. The maximum atomic E-state index is 13.8. The highest BCUT2D eigenvalue weighted by Crippen LogP contribution is 2.70. The first-order valence-corrected chi connectivity index (χ1v) is 9.34. The molecule has 3 nitrogen and oxygen atoms in total. The number of urea groups is 1. The zero-order valence-electron chi connectivity index (χ0n) is 13.8. The van der Waals surface area contributed by atoms with Gasteiger partial charge in [-0.2, -0.15) is 0 Å². The van der Waals surface area contributed by atoms with Crippen molar-refractivity contribution in [3.63, 3.8) is 0 Å². The molecule has 2 unspecified atom stereocenters. The number of amides is 2. The lowest BCUT2D eigenvalue weighted by Crippen LogP contribution is -2.67. The van der Waals surface area contributed by atoms with Gasteiger partial charge in [-0.25, -0.2) is 9.18 Å². The molecule has 2 saturated heterocycles. The predicted octanol–water partition coefficient (Wildman–Crippen LogP) is 4.89. The van der Waals surface area contributed by atoms with Gasteiger partial charge in [0, 0.05) is 28.2 Å². The second kappa shape index (κ2) is 4.66. The first-order chi connectivity index (χ1) is 11.4. The van der Waals surface area contributed by atoms with Crippen molar-refractivity contribution in [3.8, 4) is 0 Å². The maximum absolute atomic E-state index is 13.8. The van der Waals surface area contributed by atoms with Crippen LogP contribution in [-0.2, 0) is 5.41 Å². The van der Waals surface area contributed by atoms with Crippen LogP contribution in [0.15, 0.2) is 18.2 Å². The van der Waals surface area contributed by atoms with E-state index in [4.69, 9.17) is 11.6 Å². The summed E-state index contributed by atoms with van der Waals surface area (Å²) in [6, 6.07) is 6.42. The Hall–Kier alpha value is -1.29. The molecule has 24 heavy (non-hydrogen) atoms. The fourth-order valence-electron chi connectivity index (χ4n) is 5.62. The Labute approximate surface area is 146 Å². The van der Waals surface area contributed by atoms with E-state index >= 15 is 0 Å². The molecule has 0 spiro atoms. The van der Waals surface area contributed by atoms with Gasteiger partial charge < -0.3 is 10.2 Å². The Morgan fingerprint density at radius 3 is 2.54 bits per heavy atom. The molecule has 6 fully saturated rings. The number of fused-ring (bicyclic) bond motifs is 2. The van der Waals surface area contributed by atoms with E-state index < -0.39 is 5.67 Å². The standard InChI is InChI=1S/C19H22ClFN2O/c1-11-4-13-7-14(5-11)23(13)17(24)22-12-2-3-16(20)15(6-12)18-8-19(21,9-18)10-18/h2-3,6,11,13-14H,4-5,7-10H2,1H3,(H,22,24). The molecule has 0 aromatic heterocycles. The summed E-state index contributed by atoms with van der Waals surface area (Å²) in [5.41, 5.74) is 0.734. The highest BCUT2D eigenvalue weighted by atomic mass is 35.5. The smallest absolute Gasteiger partial charge is 0.318 e. The summed E-state index contributed by atoms with van der Waals surface area (Å²) in [5, 5.41) is 3.72. The van der Waals surface area contributed by atoms with Crippen LogP contribution in [0.4, 0.5) is 14.9 Å². The third-order valence-electron chi connectivity index (χ3n) is 6.67. The average molecular weight is 349 g/mol. The van der Waals surface area contributed by atoms with E-state index in [1.54, 1.807) is 0 Å². The van der Waals surface area contributed by atoms with Crippen molar-refractivity contribution in [1.82, 2.24) is 4.90 Å². The van der Waals surface area contributed by atoms with Crippen molar-refractivity contribution >= 4 is 23.3 Å². The van der Waals surface area contributed by atoms with Crippen molar-refractivity contribution in [3.05, 3.63) is 28.8 Å². The molecular weight excluding hydrogens is 327 g/mol. The molecule has 5 heteroatoms. The molecule has 1 N–H and O–H groups in total. The second-order valence-electron chi connectivity index (χ2n) is 8.61. The summed E-state index contributed by atoms with van der Waals surface area (Å²) in [6.45, 7) is 2.27. The van der Waals surface area contributed by atoms with Gasteiger partial charge in [-0.15, -0.1) is 0 Å². The number of carbonyl (C=O) groups excluding carboxylic acids is 1. The Morgan fingerprint density at radius 1 is 1.25 bits per heavy atom. The third-order valence-corrected chi connectivity index (χ3v) is 7.00. The fourth-order valence-corrected chi connectivity index (χ4v) is 5.94. The number of rotatable bonds is 2. The molecule has 7 rings (SSSR count). The number of carbonyl (C=O) groups is 1. The molecule has 4 saturated carbocycles. The Balaban J connectivity index is 1.32. The Bertz CT molecular complexity index is 704. The molecule has 4 aliphatic carbocycles. The van der Waals surface area contributed by atoms with E-state index in [1.165, 1.54) is 0 Å². The van der Waals surface area contributed by atoms with Crippen LogP contribution in [0.25, 0.3) is 0 Å². The largest absolute Gasteiger partial charge is 0.322 e. The number of anilines is 1. The van der Waals surface area contributed by atoms with E-state index in [9.17, 15) is 9.18 Å². The molecule has 2 atom stereocenters. The molecule has 2 amide bonds. The fraction of sp³-hybridized carbons (Fsp3) is 0.632. The van der Waals surface area contributed by atoms with Gasteiger partial charge >= 0.3 is 6.03 Å². The predicted molar refractivity (Wildman–Crippen MR) is 92.3 cm³/mol. The Kier molecular flexibility index (Phi) is 2.91. The van der Waals surface area contributed by atoms with Gasteiger partial charge in [-0.1, -0.05) is 18.5 Å². The number of nitrogens with zero attached hydrogens (tertiary/aromatic N) is 1. The van der Waals surface area contributed by atoms with Gasteiger partial charge in [-0.3, -0.25) is 0 Å². The minimum absolute atomic E-state index is 0.00372. The van der Waals surface area contributed by atoms with E-state index in [0.29, 0.717) is 36.4 Å². The first kappa shape index (κ1) is 15.0. The van der Waals surface area contributed by atoms with Crippen LogP contribution in [0.1, 0.15) is 51.0 Å². The van der Waals surface area contributed by atoms with Gasteiger partial charge in [-0.05, 0) is 68.2 Å². The van der Waals surface area contributed by atoms with E-state index in [1.807, 2.05) is 23.1 Å². The second-order valence-corrected chi connectivity index (χ2v) is 9.02. The topological polar surface area (TPSA) is 32.3 Å². The highest BCUT2D eigenvalue weighted by Gasteiger charge is 2.70. The minimum Gasteiger partial charge on any atom is -0.318 e. The number of hydrogen-bond acceptors (Lipinski definition) is 1. The van der Waals surface area contributed by atoms with Crippen LogP contribution in [0, 0.1) is 5.92 Å². The number of piperidine rings is 1. The lowest BCUT2D eigenvalue weighted by molar-refractivity contribution is -0.158. The Morgan fingerprint density at radius 2 is 1.92 bits per heavy atom. The summed E-state index contributed by atoms with van der Waals surface area (Å²) in [4.78, 5) is 14.6. The zero-order valence-corrected chi connectivity index (χ0v) is 14.6. The number of nitrogens with one attached hydrogen (secondary N) is 1. The van der Waals surface area contributed by atoms with E-state index in [2.05, 4.69) is 12.2 Å². The van der Waals surface area contributed by atoms with Crippen LogP contribution < -0.4 is 5.32 Å². The lowest BCUT2D eigenvalue weighted by Gasteiger charge is -2.66. The van der Waals surface area contributed by atoms with Gasteiger partial charge in [0.25, 0.3) is 0 Å². The van der Waals surface area contributed by atoms with Crippen LogP contribution >= 0.6 is 11.6 Å². The number of benzene rings is 1. The molecule has 6 aliphatic rings. The molecule has 0 radical (unpaired) electrons. The minimum atomic E-state index is -0.950. The number of halogens is 2. The number of alkyl halides is 1. The SMILES string of the molecule is CC1CC2CC(C1)N2C(=O)Nc1ccc(Cl)c(C23CC(F)(C2)C3)c1. The van der Waals surface area contributed by atoms with Gasteiger partial charge in [0.05, 0.1) is 0 Å². The van der Waals surface area contributed by atoms with Crippen LogP contribution in [0.2, 0.25) is 5.02 Å². The van der Waals surface area contributed by atoms with Crippen molar-refractivity contribution in [2.24, 2.45) is 5.92 Å². The van der Waals surface area contributed by atoms with E-state index in [0.717, 1.165) is 36.4 Å². The molecular formula is C19H22ClFN2O. The molecule has 2 aliphatic heterocycles. The molecule has 2 heterocycles. The van der Waals surface area contributed by atoms with Gasteiger partial charge in [0.1, 0.15) is 5.67 Å².